The zero-order valence-corrected chi connectivity index (χ0v) is 17.7. The Balaban J connectivity index is 1.80. The van der Waals surface area contributed by atoms with Crippen molar-refractivity contribution in [3.05, 3.63) is 53.8 Å². The third kappa shape index (κ3) is 3.85. The van der Waals surface area contributed by atoms with Crippen LogP contribution in [0.2, 0.25) is 0 Å². The van der Waals surface area contributed by atoms with E-state index in [1.54, 1.807) is 12.3 Å². The minimum atomic E-state index is 0.106. The number of hydrogen-bond acceptors (Lipinski definition) is 5. The second-order valence-electron chi connectivity index (χ2n) is 6.74. The molecule has 0 radical (unpaired) electrons. The van der Waals surface area contributed by atoms with Gasteiger partial charge in [-0.15, -0.1) is 16.8 Å². The number of thioether (sulfide) groups is 1. The van der Waals surface area contributed by atoms with Crippen LogP contribution in [0.4, 0.5) is 0 Å². The molecule has 7 heteroatoms. The first-order valence-electron chi connectivity index (χ1n) is 9.39. The number of ketones is 1. The molecule has 0 spiro atoms. The molecule has 0 saturated heterocycles. The van der Waals surface area contributed by atoms with E-state index >= 15 is 0 Å². The minimum absolute atomic E-state index is 0.106. The van der Waals surface area contributed by atoms with Crippen LogP contribution in [0.5, 0.6) is 0 Å². The molecule has 6 nitrogen and oxygen atoms in total. The maximum Gasteiger partial charge on any atom is 0.192 e. The van der Waals surface area contributed by atoms with E-state index in [0.717, 1.165) is 47.1 Å². The van der Waals surface area contributed by atoms with Gasteiger partial charge in [-0.2, -0.15) is 0 Å². The molecule has 0 N–H and O–H groups in total. The molecule has 0 aliphatic carbocycles. The number of Topliss-reactive ketones (excluding diaryl/α,β-unsaturated/α-hetero) is 1. The molecule has 3 aromatic rings. The number of aryl methyl sites for hydroxylation is 2. The topological polar surface area (TPSA) is 65.8 Å². The number of rotatable bonds is 9. The van der Waals surface area contributed by atoms with Crippen molar-refractivity contribution in [1.29, 1.82) is 0 Å². The van der Waals surface area contributed by atoms with Crippen LogP contribution in [0.1, 0.15) is 40.9 Å². The lowest BCUT2D eigenvalue weighted by Crippen LogP contribution is -2.08. The Bertz CT molecular complexity index is 996. The van der Waals surface area contributed by atoms with Gasteiger partial charge < -0.3 is 8.98 Å². The molecule has 0 saturated carbocycles. The summed E-state index contributed by atoms with van der Waals surface area (Å²) < 4.78 is 9.56. The molecule has 0 atom stereocenters. The van der Waals surface area contributed by atoms with Crippen LogP contribution >= 0.6 is 11.8 Å². The van der Waals surface area contributed by atoms with E-state index < -0.39 is 0 Å². The molecule has 3 rings (SSSR count). The molecular formula is C21H26N4O2S. The van der Waals surface area contributed by atoms with Gasteiger partial charge in [-0.1, -0.05) is 24.8 Å². The van der Waals surface area contributed by atoms with E-state index in [-0.39, 0.29) is 5.78 Å². The van der Waals surface area contributed by atoms with Crippen LogP contribution in [-0.4, -0.2) is 30.9 Å². The fraction of sp³-hybridized carbons (Fsp3) is 0.381. The summed E-state index contributed by atoms with van der Waals surface area (Å²) in [4.78, 5) is 12.8. The highest BCUT2D eigenvalue weighted by Gasteiger charge is 2.20. The summed E-state index contributed by atoms with van der Waals surface area (Å²) in [5.41, 5.74) is 3.85. The second-order valence-corrected chi connectivity index (χ2v) is 7.69. The molecule has 0 fully saturated rings. The number of furan rings is 1. The second kappa shape index (κ2) is 8.65. The molecule has 0 aliphatic rings. The van der Waals surface area contributed by atoms with Gasteiger partial charge >= 0.3 is 0 Å². The highest BCUT2D eigenvalue weighted by molar-refractivity contribution is 7.99. The van der Waals surface area contributed by atoms with Crippen molar-refractivity contribution in [3.63, 3.8) is 0 Å². The molecule has 3 aromatic heterocycles. The molecule has 3 heterocycles. The number of nitrogens with zero attached hydrogens (tertiary/aromatic N) is 4. The molecule has 0 amide bonds. The fourth-order valence-electron chi connectivity index (χ4n) is 3.36. The van der Waals surface area contributed by atoms with Crippen molar-refractivity contribution in [2.45, 2.75) is 52.4 Å². The van der Waals surface area contributed by atoms with E-state index in [1.165, 1.54) is 11.8 Å². The van der Waals surface area contributed by atoms with Crippen molar-refractivity contribution < 1.29 is 9.21 Å². The number of allylic oxidation sites excluding steroid dienone is 1. The standard InChI is InChI=1S/C21H26N4O2S/c1-6-9-24-14(3)12-18(15(24)4)19(26)13-28-21-23-22-20(25(21)10-7-2)17-8-11-27-16(17)5/h7-8,11-12H,2,6,9-10,13H2,1,3-5H3. The summed E-state index contributed by atoms with van der Waals surface area (Å²) in [5, 5.41) is 9.32. The van der Waals surface area contributed by atoms with E-state index in [0.29, 0.717) is 17.5 Å². The van der Waals surface area contributed by atoms with Gasteiger partial charge in [-0.25, -0.2) is 0 Å². The average molecular weight is 399 g/mol. The van der Waals surface area contributed by atoms with Crippen LogP contribution in [0.15, 0.2) is 40.6 Å². The van der Waals surface area contributed by atoms with Gasteiger partial charge in [0.25, 0.3) is 0 Å². The van der Waals surface area contributed by atoms with E-state index in [2.05, 4.69) is 28.3 Å². The van der Waals surface area contributed by atoms with Gasteiger partial charge in [0.05, 0.1) is 17.6 Å². The predicted molar refractivity (Wildman–Crippen MR) is 112 cm³/mol. The van der Waals surface area contributed by atoms with Crippen molar-refractivity contribution in [3.8, 4) is 11.4 Å². The Morgan fingerprint density at radius 3 is 2.71 bits per heavy atom. The summed E-state index contributed by atoms with van der Waals surface area (Å²) in [6.07, 6.45) is 4.48. The van der Waals surface area contributed by atoms with Crippen molar-refractivity contribution in [1.82, 2.24) is 19.3 Å². The van der Waals surface area contributed by atoms with Crippen molar-refractivity contribution in [2.75, 3.05) is 5.75 Å². The highest BCUT2D eigenvalue weighted by atomic mass is 32.2. The molecule has 0 aromatic carbocycles. The van der Waals surface area contributed by atoms with Gasteiger partial charge in [-0.05, 0) is 39.3 Å². The fourth-order valence-corrected chi connectivity index (χ4v) is 4.20. The Morgan fingerprint density at radius 2 is 2.07 bits per heavy atom. The number of aromatic nitrogens is 4. The first-order chi connectivity index (χ1) is 13.5. The van der Waals surface area contributed by atoms with E-state index in [1.807, 2.05) is 37.5 Å². The third-order valence-electron chi connectivity index (χ3n) is 4.78. The average Bonchev–Trinajstić information content (AvgIpc) is 3.34. The van der Waals surface area contributed by atoms with E-state index in [9.17, 15) is 4.79 Å². The van der Waals surface area contributed by atoms with Crippen LogP contribution in [-0.2, 0) is 13.1 Å². The SMILES string of the molecule is C=CCn1c(SCC(=O)c2cc(C)n(CCC)c2C)nnc1-c1ccoc1C. The largest absolute Gasteiger partial charge is 0.469 e. The number of carbonyl (C=O) groups excluding carboxylic acids is 1. The molecule has 148 valence electrons. The normalized spacial score (nSPS) is 11.1. The lowest BCUT2D eigenvalue weighted by molar-refractivity contribution is 0.102. The first kappa shape index (κ1) is 20.2. The Morgan fingerprint density at radius 1 is 1.29 bits per heavy atom. The van der Waals surface area contributed by atoms with Crippen LogP contribution < -0.4 is 0 Å². The summed E-state index contributed by atoms with van der Waals surface area (Å²) in [6.45, 7) is 13.4. The predicted octanol–water partition coefficient (Wildman–Crippen LogP) is 4.84. The van der Waals surface area contributed by atoms with E-state index in [4.69, 9.17) is 4.42 Å². The lowest BCUT2D eigenvalue weighted by Gasteiger charge is -2.08. The molecular weight excluding hydrogens is 372 g/mol. The number of hydrogen-bond donors (Lipinski definition) is 0. The molecule has 0 unspecified atom stereocenters. The summed E-state index contributed by atoms with van der Waals surface area (Å²) in [7, 11) is 0. The first-order valence-corrected chi connectivity index (χ1v) is 10.4. The van der Waals surface area contributed by atoms with Gasteiger partial charge in [0, 0.05) is 30.0 Å². The Kier molecular flexibility index (Phi) is 6.24. The summed E-state index contributed by atoms with van der Waals surface area (Å²) >= 11 is 1.40. The summed E-state index contributed by atoms with van der Waals surface area (Å²) in [5.74, 6) is 1.93. The summed E-state index contributed by atoms with van der Waals surface area (Å²) in [6, 6.07) is 3.86. The number of carbonyl (C=O) groups is 1. The highest BCUT2D eigenvalue weighted by Crippen LogP contribution is 2.28. The molecule has 0 aliphatic heterocycles. The lowest BCUT2D eigenvalue weighted by atomic mass is 10.2. The van der Waals surface area contributed by atoms with Crippen molar-refractivity contribution >= 4 is 17.5 Å². The van der Waals surface area contributed by atoms with Crippen LogP contribution in [0.25, 0.3) is 11.4 Å². The molecule has 0 bridgehead atoms. The monoisotopic (exact) mass is 398 g/mol. The van der Waals surface area contributed by atoms with Gasteiger partial charge in [-0.3, -0.25) is 9.36 Å². The smallest absolute Gasteiger partial charge is 0.192 e. The van der Waals surface area contributed by atoms with Crippen LogP contribution in [0, 0.1) is 20.8 Å². The maximum absolute atomic E-state index is 12.8. The van der Waals surface area contributed by atoms with Crippen LogP contribution in [0.3, 0.4) is 0 Å². The minimum Gasteiger partial charge on any atom is -0.469 e. The maximum atomic E-state index is 12.8. The van der Waals surface area contributed by atoms with Crippen molar-refractivity contribution in [2.24, 2.45) is 0 Å². The zero-order chi connectivity index (χ0) is 20.3. The quantitative estimate of drug-likeness (QED) is 0.293. The third-order valence-corrected chi connectivity index (χ3v) is 5.75. The molecule has 28 heavy (non-hydrogen) atoms. The van der Waals surface area contributed by atoms with Gasteiger partial charge in [0.15, 0.2) is 16.8 Å². The van der Waals surface area contributed by atoms with Gasteiger partial charge in [0.2, 0.25) is 0 Å². The Hall–Kier alpha value is -2.54. The van der Waals surface area contributed by atoms with Gasteiger partial charge in [0.1, 0.15) is 5.76 Å². The zero-order valence-electron chi connectivity index (χ0n) is 16.9. The Labute approximate surface area is 169 Å².